The van der Waals surface area contributed by atoms with Gasteiger partial charge >= 0.3 is 0 Å². The zero-order valence-electron chi connectivity index (χ0n) is 28.7. The molecule has 3 aromatic carbocycles. The Morgan fingerprint density at radius 3 is 2.44 bits per heavy atom. The number of pyridine rings is 1. The molecule has 2 heterocycles. The number of carbonyl (C=O) groups excluding carboxylic acids is 1. The van der Waals surface area contributed by atoms with Gasteiger partial charge in [0.1, 0.15) is 0 Å². The Hall–Kier alpha value is -3.37. The number of nitrogens with one attached hydrogen (secondary N) is 3. The van der Waals surface area contributed by atoms with Crippen LogP contribution >= 0.6 is 23.2 Å². The van der Waals surface area contributed by atoms with Gasteiger partial charge in [-0.1, -0.05) is 60.3 Å². The highest BCUT2D eigenvalue weighted by molar-refractivity contribution is 7.92. The van der Waals surface area contributed by atoms with Crippen molar-refractivity contribution in [1.29, 1.82) is 0 Å². The number of nitrogens with zero attached hydrogens (tertiary/aromatic N) is 2. The summed E-state index contributed by atoms with van der Waals surface area (Å²) < 4.78 is 28.2. The molecule has 4 aromatic rings. The van der Waals surface area contributed by atoms with Crippen molar-refractivity contribution in [2.24, 2.45) is 0 Å². The van der Waals surface area contributed by atoms with E-state index in [4.69, 9.17) is 28.2 Å². The number of sulfonamides is 1. The fourth-order valence-corrected chi connectivity index (χ4v) is 9.10. The molecule has 3 N–H and O–H groups in total. The van der Waals surface area contributed by atoms with Gasteiger partial charge in [0.25, 0.3) is 10.0 Å². The smallest absolute Gasteiger partial charge is 0.264 e. The van der Waals surface area contributed by atoms with Crippen molar-refractivity contribution >= 4 is 61.4 Å². The highest BCUT2D eigenvalue weighted by atomic mass is 35.5. The first-order valence-electron chi connectivity index (χ1n) is 18.0. The number of amides is 1. The van der Waals surface area contributed by atoms with E-state index in [1.54, 1.807) is 19.2 Å². The van der Waals surface area contributed by atoms with Gasteiger partial charge in [0, 0.05) is 53.4 Å². The number of carbonyl (C=O) groups is 1. The quantitative estimate of drug-likeness (QED) is 0.106. The van der Waals surface area contributed by atoms with Gasteiger partial charge in [-0.2, -0.15) is 0 Å². The molecule has 0 saturated heterocycles. The van der Waals surface area contributed by atoms with Crippen LogP contribution in [0.15, 0.2) is 65.6 Å². The fourth-order valence-electron chi connectivity index (χ4n) is 7.22. The summed E-state index contributed by atoms with van der Waals surface area (Å²) in [5.74, 6) is 0.116. The van der Waals surface area contributed by atoms with E-state index in [0.29, 0.717) is 34.3 Å². The Kier molecular flexibility index (Phi) is 12.2. The van der Waals surface area contributed by atoms with Gasteiger partial charge in [-0.05, 0) is 117 Å². The Balaban J connectivity index is 0.877. The van der Waals surface area contributed by atoms with E-state index in [1.807, 2.05) is 42.5 Å². The summed E-state index contributed by atoms with van der Waals surface area (Å²) in [6.45, 7) is 2.32. The molecule has 0 fully saturated rings. The third-order valence-corrected chi connectivity index (χ3v) is 12.2. The first-order chi connectivity index (χ1) is 24.2. The summed E-state index contributed by atoms with van der Waals surface area (Å²) in [5.41, 5.74) is 7.03. The first kappa shape index (κ1) is 36.4. The lowest BCUT2D eigenvalue weighted by Crippen LogP contribution is -2.26. The second-order valence-corrected chi connectivity index (χ2v) is 16.2. The molecule has 1 atom stereocenters. The normalized spacial score (nSPS) is 16.3. The summed E-state index contributed by atoms with van der Waals surface area (Å²) in [5, 5.41) is 12.7. The van der Waals surface area contributed by atoms with Crippen molar-refractivity contribution in [3.05, 3.63) is 93.1 Å². The molecular weight excluding hydrogens is 689 g/mol. The molecule has 0 spiro atoms. The van der Waals surface area contributed by atoms with E-state index in [1.165, 1.54) is 34.1 Å². The molecule has 6 rings (SSSR count). The van der Waals surface area contributed by atoms with Crippen LogP contribution in [0.1, 0.15) is 92.6 Å². The molecule has 0 saturated carbocycles. The van der Waals surface area contributed by atoms with E-state index in [9.17, 15) is 13.2 Å². The third-order valence-electron chi connectivity index (χ3n) is 9.89. The number of hydrogen-bond acceptors (Lipinski definition) is 6. The predicted molar refractivity (Wildman–Crippen MR) is 205 cm³/mol. The van der Waals surface area contributed by atoms with Gasteiger partial charge < -0.3 is 16.0 Å². The number of rotatable bonds is 15. The van der Waals surface area contributed by atoms with Gasteiger partial charge in [0.15, 0.2) is 0 Å². The second kappa shape index (κ2) is 16.8. The Morgan fingerprint density at radius 2 is 1.56 bits per heavy atom. The number of aromatic nitrogens is 1. The Bertz CT molecular complexity index is 1940. The number of fused-ring (bicyclic) bond motifs is 4. The fraction of sp³-hybridized carbons (Fsp3) is 0.436. The van der Waals surface area contributed by atoms with Crippen LogP contribution in [0.2, 0.25) is 10.0 Å². The maximum Gasteiger partial charge on any atom is 0.264 e. The molecule has 50 heavy (non-hydrogen) atoms. The number of benzene rings is 3. The molecule has 8 nitrogen and oxygen atoms in total. The molecular formula is C39H47Cl2N5O3S. The second-order valence-electron chi connectivity index (χ2n) is 13.4. The minimum Gasteiger partial charge on any atom is -0.384 e. The number of para-hydroxylation sites is 1. The average Bonchev–Trinajstić information content (AvgIpc) is 3.17. The molecule has 1 aliphatic carbocycles. The van der Waals surface area contributed by atoms with Crippen molar-refractivity contribution in [2.75, 3.05) is 36.3 Å². The number of anilines is 2. The molecule has 0 radical (unpaired) electrons. The van der Waals surface area contributed by atoms with Crippen LogP contribution in [0, 0.1) is 0 Å². The lowest BCUT2D eigenvalue weighted by Gasteiger charge is -2.22. The predicted octanol–water partition coefficient (Wildman–Crippen LogP) is 8.59. The van der Waals surface area contributed by atoms with Crippen LogP contribution in [-0.4, -0.2) is 46.0 Å². The van der Waals surface area contributed by atoms with E-state index >= 15 is 0 Å². The molecule has 1 aliphatic heterocycles. The summed E-state index contributed by atoms with van der Waals surface area (Å²) >= 11 is 12.5. The van der Waals surface area contributed by atoms with Crippen LogP contribution in [-0.2, 0) is 27.7 Å². The van der Waals surface area contributed by atoms with Crippen molar-refractivity contribution in [1.82, 2.24) is 15.6 Å². The van der Waals surface area contributed by atoms with Gasteiger partial charge in [0.2, 0.25) is 5.91 Å². The van der Waals surface area contributed by atoms with Gasteiger partial charge in [0.05, 0.1) is 22.1 Å². The van der Waals surface area contributed by atoms with Crippen LogP contribution in [0.25, 0.3) is 10.9 Å². The molecule has 1 amide bonds. The molecule has 266 valence electrons. The highest BCUT2D eigenvalue weighted by Crippen LogP contribution is 2.41. The topological polar surface area (TPSA) is 103 Å². The van der Waals surface area contributed by atoms with Crippen molar-refractivity contribution in [3.63, 3.8) is 0 Å². The SMILES string of the molecule is CN1c2ccccc2C(NCCCCCCC(=O)NCCCCCNc2c3c(nc4cc(Cl)ccc24)CCCC3)c2ccc(Cl)cc2S1(=O)=O. The molecule has 1 unspecified atom stereocenters. The largest absolute Gasteiger partial charge is 0.384 e. The standard InChI is InChI=1S/C39H47Cl2N5O3S/c1-46-35-16-9-7-14-31(35)39(32-21-19-28(41)26-36(32)50(46,48)49)44-23-10-3-2-5-17-37(47)42-22-11-4-12-24-43-38-29-13-6-8-15-33(29)45-34-25-27(40)18-20-30(34)38/h7,9,14,16,18-21,25-26,39,44H,2-6,8,10-13,15,17,22-24H2,1H3,(H,42,47)(H,43,45). The van der Waals surface area contributed by atoms with Crippen LogP contribution in [0.3, 0.4) is 0 Å². The summed E-state index contributed by atoms with van der Waals surface area (Å²) in [6.07, 6.45) is 11.8. The highest BCUT2D eigenvalue weighted by Gasteiger charge is 2.34. The maximum atomic E-state index is 13.4. The van der Waals surface area contributed by atoms with Crippen LogP contribution in [0.4, 0.5) is 11.4 Å². The number of unbranched alkanes of at least 4 members (excludes halogenated alkanes) is 5. The monoisotopic (exact) mass is 735 g/mol. The molecule has 0 bridgehead atoms. The van der Waals surface area contributed by atoms with E-state index < -0.39 is 10.0 Å². The van der Waals surface area contributed by atoms with Crippen LogP contribution in [0.5, 0.6) is 0 Å². The zero-order chi connectivity index (χ0) is 35.1. The zero-order valence-corrected chi connectivity index (χ0v) is 31.1. The van der Waals surface area contributed by atoms with Crippen LogP contribution < -0.4 is 20.3 Å². The Labute approximate surface area is 306 Å². The van der Waals surface area contributed by atoms with E-state index in [0.717, 1.165) is 87.3 Å². The van der Waals surface area contributed by atoms with Crippen molar-refractivity contribution in [3.8, 4) is 0 Å². The van der Waals surface area contributed by atoms with Crippen molar-refractivity contribution < 1.29 is 13.2 Å². The molecule has 1 aromatic heterocycles. The van der Waals surface area contributed by atoms with E-state index in [-0.39, 0.29) is 16.8 Å². The van der Waals surface area contributed by atoms with E-state index in [2.05, 4.69) is 22.0 Å². The van der Waals surface area contributed by atoms with Crippen molar-refractivity contribution in [2.45, 2.75) is 88.0 Å². The van der Waals surface area contributed by atoms with Gasteiger partial charge in [-0.15, -0.1) is 0 Å². The van der Waals surface area contributed by atoms with Gasteiger partial charge in [-0.25, -0.2) is 8.42 Å². The number of halogens is 2. The summed E-state index contributed by atoms with van der Waals surface area (Å²) in [7, 11) is -2.16. The summed E-state index contributed by atoms with van der Waals surface area (Å²) in [4.78, 5) is 17.6. The number of hydrogen-bond donors (Lipinski definition) is 3. The lowest BCUT2D eigenvalue weighted by atomic mass is 9.92. The first-order valence-corrected chi connectivity index (χ1v) is 20.2. The third kappa shape index (κ3) is 8.39. The minimum atomic E-state index is -3.75. The minimum absolute atomic E-state index is 0.116. The maximum absolute atomic E-state index is 13.4. The Morgan fingerprint density at radius 1 is 0.840 bits per heavy atom. The summed E-state index contributed by atoms with van der Waals surface area (Å²) in [6, 6.07) is 18.4. The number of aryl methyl sites for hydroxylation is 1. The lowest BCUT2D eigenvalue weighted by molar-refractivity contribution is -0.121. The molecule has 2 aliphatic rings. The van der Waals surface area contributed by atoms with Gasteiger partial charge in [-0.3, -0.25) is 14.1 Å². The average molecular weight is 737 g/mol. The molecule has 11 heteroatoms.